The number of benzene rings is 1. The minimum absolute atomic E-state index is 0.235. The summed E-state index contributed by atoms with van der Waals surface area (Å²) in [6.07, 6.45) is -0.280. The number of aliphatic carboxylic acids is 1. The average molecular weight is 243 g/mol. The Bertz CT molecular complexity index is 526. The van der Waals surface area contributed by atoms with E-state index in [1.807, 2.05) is 0 Å². The lowest BCUT2D eigenvalue weighted by Crippen LogP contribution is -2.53. The van der Waals surface area contributed by atoms with Crippen LogP contribution < -0.4 is 9.88 Å². The molecule has 0 saturated heterocycles. The molecule has 1 heterocycles. The molecule has 6 nitrogen and oxygen atoms in total. The fraction of sp³-hybridized carbons (Fsp3) is 0.222. The standard InChI is InChI=1S/C9H9NO5S/c10-16(13,14)9(8(11)12)5-6-3-1-2-4-7(6)15-9/h1-4H,5H2,(H,11,12)(H2,10,13,14). The first-order valence-electron chi connectivity index (χ1n) is 4.39. The molecule has 16 heavy (non-hydrogen) atoms. The number of sulfonamides is 1. The normalized spacial score (nSPS) is 23.6. The third-order valence-corrected chi connectivity index (χ3v) is 3.78. The minimum atomic E-state index is -4.35. The minimum Gasteiger partial charge on any atom is -0.477 e. The highest BCUT2D eigenvalue weighted by atomic mass is 32.2. The van der Waals surface area contributed by atoms with Crippen LogP contribution in [0.3, 0.4) is 0 Å². The van der Waals surface area contributed by atoms with E-state index in [1.54, 1.807) is 18.2 Å². The van der Waals surface area contributed by atoms with E-state index in [4.69, 9.17) is 15.0 Å². The van der Waals surface area contributed by atoms with Crippen LogP contribution in [-0.2, 0) is 21.2 Å². The SMILES string of the molecule is NS(=O)(=O)C1(C(=O)O)Cc2ccccc2O1. The molecule has 1 aliphatic heterocycles. The van der Waals surface area contributed by atoms with Gasteiger partial charge >= 0.3 is 10.9 Å². The van der Waals surface area contributed by atoms with Crippen LogP contribution >= 0.6 is 0 Å². The lowest BCUT2D eigenvalue weighted by molar-refractivity contribution is -0.147. The summed E-state index contributed by atoms with van der Waals surface area (Å²) >= 11 is 0. The second-order valence-corrected chi connectivity index (χ2v) is 5.24. The fourth-order valence-electron chi connectivity index (χ4n) is 1.61. The van der Waals surface area contributed by atoms with Gasteiger partial charge in [0.05, 0.1) is 0 Å². The molecule has 7 heteroatoms. The van der Waals surface area contributed by atoms with Gasteiger partial charge in [-0.3, -0.25) is 0 Å². The molecule has 0 spiro atoms. The maximum Gasteiger partial charge on any atom is 0.366 e. The summed E-state index contributed by atoms with van der Waals surface area (Å²) in [7, 11) is -4.35. The van der Waals surface area contributed by atoms with E-state index in [0.29, 0.717) is 5.56 Å². The monoisotopic (exact) mass is 243 g/mol. The molecule has 1 aromatic rings. The van der Waals surface area contributed by atoms with E-state index in [0.717, 1.165) is 0 Å². The number of hydrogen-bond donors (Lipinski definition) is 2. The Hall–Kier alpha value is -1.60. The van der Waals surface area contributed by atoms with E-state index in [-0.39, 0.29) is 12.2 Å². The zero-order chi connectivity index (χ0) is 12.0. The van der Waals surface area contributed by atoms with Crippen molar-refractivity contribution >= 4 is 16.0 Å². The van der Waals surface area contributed by atoms with Crippen molar-refractivity contribution in [2.45, 2.75) is 11.4 Å². The van der Waals surface area contributed by atoms with Crippen LogP contribution in [0.2, 0.25) is 0 Å². The van der Waals surface area contributed by atoms with Gasteiger partial charge in [-0.15, -0.1) is 0 Å². The molecular weight excluding hydrogens is 234 g/mol. The van der Waals surface area contributed by atoms with Crippen molar-refractivity contribution in [1.29, 1.82) is 0 Å². The van der Waals surface area contributed by atoms with Crippen molar-refractivity contribution in [3.8, 4) is 5.75 Å². The van der Waals surface area contributed by atoms with Gasteiger partial charge in [0.15, 0.2) is 0 Å². The smallest absolute Gasteiger partial charge is 0.366 e. The van der Waals surface area contributed by atoms with Gasteiger partial charge in [0.25, 0.3) is 10.0 Å². The van der Waals surface area contributed by atoms with Crippen LogP contribution in [0.1, 0.15) is 5.56 Å². The molecule has 2 rings (SSSR count). The number of fused-ring (bicyclic) bond motifs is 1. The molecule has 0 saturated carbocycles. The first kappa shape index (κ1) is 10.9. The van der Waals surface area contributed by atoms with Gasteiger partial charge in [-0.1, -0.05) is 18.2 Å². The first-order chi connectivity index (χ1) is 7.37. The second kappa shape index (κ2) is 3.19. The lowest BCUT2D eigenvalue weighted by atomic mass is 10.1. The summed E-state index contributed by atoms with van der Waals surface area (Å²) in [6, 6.07) is 6.40. The molecule has 0 bridgehead atoms. The molecule has 1 aliphatic rings. The lowest BCUT2D eigenvalue weighted by Gasteiger charge is -2.20. The molecule has 86 valence electrons. The Balaban J connectivity index is 2.56. The molecular formula is C9H9NO5S. The molecule has 3 N–H and O–H groups in total. The number of primary sulfonamides is 1. The van der Waals surface area contributed by atoms with Crippen LogP contribution in [0.25, 0.3) is 0 Å². The molecule has 0 aliphatic carbocycles. The van der Waals surface area contributed by atoms with Crippen LogP contribution in [0.4, 0.5) is 0 Å². The van der Waals surface area contributed by atoms with E-state index >= 15 is 0 Å². The number of carboxylic acid groups (broad SMARTS) is 1. The quantitative estimate of drug-likeness (QED) is 0.741. The number of hydrogen-bond acceptors (Lipinski definition) is 4. The molecule has 1 atom stereocenters. The average Bonchev–Trinajstić information content (AvgIpc) is 2.56. The number of para-hydroxylation sites is 1. The molecule has 1 unspecified atom stereocenters. The predicted octanol–water partition coefficient (Wildman–Crippen LogP) is -0.309. The van der Waals surface area contributed by atoms with Crippen LogP contribution in [0, 0.1) is 0 Å². The highest BCUT2D eigenvalue weighted by Crippen LogP contribution is 2.37. The van der Waals surface area contributed by atoms with Crippen molar-refractivity contribution < 1.29 is 23.1 Å². The Morgan fingerprint density at radius 1 is 1.44 bits per heavy atom. The van der Waals surface area contributed by atoms with E-state index in [2.05, 4.69) is 0 Å². The summed E-state index contributed by atoms with van der Waals surface area (Å²) < 4.78 is 27.7. The number of carboxylic acids is 1. The second-order valence-electron chi connectivity index (χ2n) is 3.49. The maximum atomic E-state index is 11.3. The third-order valence-electron chi connectivity index (χ3n) is 2.46. The van der Waals surface area contributed by atoms with Gasteiger partial charge < -0.3 is 9.84 Å². The first-order valence-corrected chi connectivity index (χ1v) is 5.94. The topological polar surface area (TPSA) is 107 Å². The third kappa shape index (κ3) is 1.36. The Labute approximate surface area is 91.7 Å². The fourth-order valence-corrected chi connectivity index (χ4v) is 2.42. The van der Waals surface area contributed by atoms with Crippen molar-refractivity contribution in [2.75, 3.05) is 0 Å². The van der Waals surface area contributed by atoms with E-state index < -0.39 is 20.9 Å². The van der Waals surface area contributed by atoms with Gasteiger partial charge in [-0.05, 0) is 6.07 Å². The van der Waals surface area contributed by atoms with Crippen molar-refractivity contribution in [3.05, 3.63) is 29.8 Å². The highest BCUT2D eigenvalue weighted by Gasteiger charge is 2.56. The van der Waals surface area contributed by atoms with Crippen LogP contribution in [0.5, 0.6) is 5.75 Å². The van der Waals surface area contributed by atoms with Gasteiger partial charge in [-0.2, -0.15) is 0 Å². The molecule has 0 fully saturated rings. The zero-order valence-electron chi connectivity index (χ0n) is 8.08. The Morgan fingerprint density at radius 2 is 2.06 bits per heavy atom. The summed E-state index contributed by atoms with van der Waals surface area (Å²) in [6.45, 7) is 0. The van der Waals surface area contributed by atoms with E-state index in [1.165, 1.54) is 6.07 Å². The van der Waals surface area contributed by atoms with Gasteiger partial charge in [0, 0.05) is 12.0 Å². The zero-order valence-corrected chi connectivity index (χ0v) is 8.90. The maximum absolute atomic E-state index is 11.3. The Kier molecular flexibility index (Phi) is 2.18. The predicted molar refractivity (Wildman–Crippen MR) is 54.2 cm³/mol. The summed E-state index contributed by atoms with van der Waals surface area (Å²) in [5.41, 5.74) is 0.513. The number of rotatable bonds is 2. The molecule has 0 radical (unpaired) electrons. The van der Waals surface area contributed by atoms with Gasteiger partial charge in [0.1, 0.15) is 5.75 Å². The van der Waals surface area contributed by atoms with Gasteiger partial charge in [-0.25, -0.2) is 18.4 Å². The summed E-state index contributed by atoms with van der Waals surface area (Å²) in [4.78, 5) is 8.66. The van der Waals surface area contributed by atoms with E-state index in [9.17, 15) is 13.2 Å². The number of ether oxygens (including phenoxy) is 1. The van der Waals surface area contributed by atoms with Crippen molar-refractivity contribution in [1.82, 2.24) is 0 Å². The summed E-state index contributed by atoms with van der Waals surface area (Å²) in [5.74, 6) is -1.37. The van der Waals surface area contributed by atoms with Crippen molar-refractivity contribution in [3.63, 3.8) is 0 Å². The van der Waals surface area contributed by atoms with Crippen LogP contribution in [0.15, 0.2) is 24.3 Å². The highest BCUT2D eigenvalue weighted by molar-refractivity contribution is 7.91. The number of carbonyl (C=O) groups is 1. The molecule has 0 aromatic heterocycles. The van der Waals surface area contributed by atoms with Crippen molar-refractivity contribution in [2.24, 2.45) is 5.14 Å². The van der Waals surface area contributed by atoms with Crippen LogP contribution in [-0.4, -0.2) is 24.4 Å². The largest absolute Gasteiger partial charge is 0.477 e. The van der Waals surface area contributed by atoms with Gasteiger partial charge in [0.2, 0.25) is 0 Å². The summed E-state index contributed by atoms with van der Waals surface area (Å²) in [5, 5.41) is 13.9. The Morgan fingerprint density at radius 3 is 2.56 bits per heavy atom. The number of nitrogens with two attached hydrogens (primary N) is 1. The molecule has 0 amide bonds. The molecule has 1 aromatic carbocycles.